The van der Waals surface area contributed by atoms with Crippen molar-refractivity contribution in [3.05, 3.63) is 64.2 Å². The first-order valence-electron chi connectivity index (χ1n) is 10.4. The number of hydrogen-bond donors (Lipinski definition) is 3. The van der Waals surface area contributed by atoms with Gasteiger partial charge in [0.25, 0.3) is 0 Å². The Hall–Kier alpha value is -1.55. The SMILES string of the molecule is CCNC(=NCc1ccc(C)cc1OC1CCOC1)NCC(O)c1ccccc1Cl.I. The Balaban J connectivity index is 0.00000341. The van der Waals surface area contributed by atoms with E-state index in [1.807, 2.05) is 44.2 Å². The maximum Gasteiger partial charge on any atom is 0.191 e. The summed E-state index contributed by atoms with van der Waals surface area (Å²) in [5.74, 6) is 1.47. The second-order valence-corrected chi connectivity index (χ2v) is 7.74. The Morgan fingerprint density at radius 3 is 2.81 bits per heavy atom. The van der Waals surface area contributed by atoms with Crippen molar-refractivity contribution in [1.82, 2.24) is 10.6 Å². The number of benzene rings is 2. The van der Waals surface area contributed by atoms with Crippen LogP contribution in [-0.4, -0.2) is 43.5 Å². The Morgan fingerprint density at radius 1 is 1.29 bits per heavy atom. The summed E-state index contributed by atoms with van der Waals surface area (Å²) in [5, 5.41) is 17.4. The van der Waals surface area contributed by atoms with Crippen LogP contribution in [-0.2, 0) is 11.3 Å². The van der Waals surface area contributed by atoms with Gasteiger partial charge in [-0.05, 0) is 31.5 Å². The van der Waals surface area contributed by atoms with Gasteiger partial charge in [0.05, 0.1) is 25.9 Å². The van der Waals surface area contributed by atoms with E-state index in [-0.39, 0.29) is 30.1 Å². The zero-order valence-electron chi connectivity index (χ0n) is 17.9. The molecule has 0 spiro atoms. The Kier molecular flexibility index (Phi) is 10.9. The van der Waals surface area contributed by atoms with Crippen LogP contribution < -0.4 is 15.4 Å². The molecule has 170 valence electrons. The molecule has 1 fully saturated rings. The zero-order valence-corrected chi connectivity index (χ0v) is 21.0. The van der Waals surface area contributed by atoms with Crippen LogP contribution in [0.4, 0.5) is 0 Å². The van der Waals surface area contributed by atoms with Crippen LogP contribution in [0.2, 0.25) is 5.02 Å². The summed E-state index contributed by atoms with van der Waals surface area (Å²) < 4.78 is 11.6. The first kappa shape index (κ1) is 25.7. The van der Waals surface area contributed by atoms with E-state index >= 15 is 0 Å². The first-order valence-corrected chi connectivity index (χ1v) is 10.7. The smallest absolute Gasteiger partial charge is 0.191 e. The van der Waals surface area contributed by atoms with Crippen molar-refractivity contribution in [2.75, 3.05) is 26.3 Å². The Bertz CT molecular complexity index is 860. The molecule has 1 aliphatic heterocycles. The summed E-state index contributed by atoms with van der Waals surface area (Å²) in [5.41, 5.74) is 2.84. The molecule has 1 aliphatic rings. The highest BCUT2D eigenvalue weighted by molar-refractivity contribution is 14.0. The van der Waals surface area contributed by atoms with Crippen molar-refractivity contribution >= 4 is 41.5 Å². The molecule has 2 atom stereocenters. The number of aliphatic hydroxyl groups is 1. The molecule has 8 heteroatoms. The van der Waals surface area contributed by atoms with Gasteiger partial charge < -0.3 is 25.2 Å². The number of ether oxygens (including phenoxy) is 2. The molecule has 0 amide bonds. The fourth-order valence-electron chi connectivity index (χ4n) is 3.24. The van der Waals surface area contributed by atoms with Crippen molar-refractivity contribution in [2.45, 2.75) is 39.0 Å². The summed E-state index contributed by atoms with van der Waals surface area (Å²) >= 11 is 6.18. The maximum absolute atomic E-state index is 10.5. The van der Waals surface area contributed by atoms with Crippen LogP contribution in [0.25, 0.3) is 0 Å². The Labute approximate surface area is 206 Å². The molecule has 1 heterocycles. The van der Waals surface area contributed by atoms with Gasteiger partial charge in [-0.25, -0.2) is 4.99 Å². The third-order valence-corrected chi connectivity index (χ3v) is 5.23. The molecule has 0 bridgehead atoms. The van der Waals surface area contributed by atoms with E-state index in [0.717, 1.165) is 29.9 Å². The largest absolute Gasteiger partial charge is 0.488 e. The molecule has 0 aromatic heterocycles. The van der Waals surface area contributed by atoms with Gasteiger partial charge in [0, 0.05) is 35.7 Å². The molecule has 0 aliphatic carbocycles. The summed E-state index contributed by atoms with van der Waals surface area (Å²) in [6.07, 6.45) is 0.260. The van der Waals surface area contributed by atoms with Crippen LogP contribution in [0.15, 0.2) is 47.5 Å². The molecule has 6 nitrogen and oxygen atoms in total. The molecular formula is C23H31ClIN3O3. The summed E-state index contributed by atoms with van der Waals surface area (Å²) in [4.78, 5) is 4.68. The third kappa shape index (κ3) is 7.82. The van der Waals surface area contributed by atoms with Gasteiger partial charge in [-0.1, -0.05) is 41.9 Å². The lowest BCUT2D eigenvalue weighted by Gasteiger charge is -2.18. The van der Waals surface area contributed by atoms with Crippen molar-refractivity contribution in [3.63, 3.8) is 0 Å². The van der Waals surface area contributed by atoms with Crippen molar-refractivity contribution in [1.29, 1.82) is 0 Å². The number of halogens is 2. The molecular weight excluding hydrogens is 529 g/mol. The van der Waals surface area contributed by atoms with Crippen LogP contribution >= 0.6 is 35.6 Å². The van der Waals surface area contributed by atoms with Crippen molar-refractivity contribution in [2.24, 2.45) is 4.99 Å². The molecule has 1 saturated heterocycles. The number of aliphatic hydroxyl groups excluding tert-OH is 1. The van der Waals surface area contributed by atoms with Gasteiger partial charge in [0.1, 0.15) is 11.9 Å². The lowest BCUT2D eigenvalue weighted by molar-refractivity contribution is 0.140. The fraction of sp³-hybridized carbons (Fsp3) is 0.435. The quantitative estimate of drug-likeness (QED) is 0.257. The highest BCUT2D eigenvalue weighted by Crippen LogP contribution is 2.25. The highest BCUT2D eigenvalue weighted by Gasteiger charge is 2.19. The molecule has 0 saturated carbocycles. The molecule has 3 rings (SSSR count). The third-order valence-electron chi connectivity index (χ3n) is 4.88. The van der Waals surface area contributed by atoms with Gasteiger partial charge in [-0.2, -0.15) is 0 Å². The van der Waals surface area contributed by atoms with E-state index in [9.17, 15) is 5.11 Å². The van der Waals surface area contributed by atoms with Gasteiger partial charge in [-0.3, -0.25) is 0 Å². The minimum Gasteiger partial charge on any atom is -0.488 e. The van der Waals surface area contributed by atoms with Crippen LogP contribution in [0.5, 0.6) is 5.75 Å². The topological polar surface area (TPSA) is 75.1 Å². The monoisotopic (exact) mass is 559 g/mol. The molecule has 2 aromatic carbocycles. The predicted octanol–water partition coefficient (Wildman–Crippen LogP) is 4.22. The standard InChI is InChI=1S/C23H30ClN3O3.HI/c1-3-25-23(27-14-21(28)19-6-4-5-7-20(19)24)26-13-17-9-8-16(2)12-22(17)30-18-10-11-29-15-18;/h4-9,12,18,21,28H,3,10-11,13-15H2,1-2H3,(H2,25,26,27);1H. The highest BCUT2D eigenvalue weighted by atomic mass is 127. The number of aliphatic imine (C=N–C) groups is 1. The number of guanidine groups is 1. The predicted molar refractivity (Wildman–Crippen MR) is 136 cm³/mol. The van der Waals surface area contributed by atoms with Gasteiger partial charge in [0.15, 0.2) is 5.96 Å². The lowest BCUT2D eigenvalue weighted by Crippen LogP contribution is -2.39. The second kappa shape index (κ2) is 13.1. The summed E-state index contributed by atoms with van der Waals surface area (Å²) in [6.45, 7) is 6.89. The number of aryl methyl sites for hydroxylation is 1. The van der Waals surface area contributed by atoms with Crippen molar-refractivity contribution < 1.29 is 14.6 Å². The zero-order chi connectivity index (χ0) is 21.3. The van der Waals surface area contributed by atoms with E-state index in [1.54, 1.807) is 6.07 Å². The fourth-order valence-corrected chi connectivity index (χ4v) is 3.50. The van der Waals surface area contributed by atoms with Crippen LogP contribution in [0.1, 0.15) is 36.1 Å². The number of rotatable bonds is 8. The van der Waals surface area contributed by atoms with Crippen molar-refractivity contribution in [3.8, 4) is 5.75 Å². The average Bonchev–Trinajstić information content (AvgIpc) is 3.24. The van der Waals surface area contributed by atoms with Crippen LogP contribution in [0.3, 0.4) is 0 Å². The van der Waals surface area contributed by atoms with E-state index in [2.05, 4.69) is 21.7 Å². The number of nitrogens with zero attached hydrogens (tertiary/aromatic N) is 1. The second-order valence-electron chi connectivity index (χ2n) is 7.33. The van der Waals surface area contributed by atoms with E-state index < -0.39 is 6.10 Å². The normalized spacial score (nSPS) is 17.0. The van der Waals surface area contributed by atoms with Gasteiger partial charge in [-0.15, -0.1) is 24.0 Å². The molecule has 2 unspecified atom stereocenters. The van der Waals surface area contributed by atoms with E-state index in [4.69, 9.17) is 21.1 Å². The molecule has 31 heavy (non-hydrogen) atoms. The maximum atomic E-state index is 10.5. The minimum atomic E-state index is -0.733. The van der Waals surface area contributed by atoms with E-state index in [0.29, 0.717) is 42.8 Å². The molecule has 3 N–H and O–H groups in total. The average molecular weight is 560 g/mol. The van der Waals surface area contributed by atoms with Gasteiger partial charge in [0.2, 0.25) is 0 Å². The lowest BCUT2D eigenvalue weighted by atomic mass is 10.1. The Morgan fingerprint density at radius 2 is 2.10 bits per heavy atom. The summed E-state index contributed by atoms with van der Waals surface area (Å²) in [7, 11) is 0. The summed E-state index contributed by atoms with van der Waals surface area (Å²) in [6, 6.07) is 13.4. The number of hydrogen-bond acceptors (Lipinski definition) is 4. The molecule has 2 aromatic rings. The first-order chi connectivity index (χ1) is 14.6. The van der Waals surface area contributed by atoms with Gasteiger partial charge >= 0.3 is 0 Å². The van der Waals surface area contributed by atoms with Crippen LogP contribution in [0, 0.1) is 6.92 Å². The number of nitrogens with one attached hydrogen (secondary N) is 2. The molecule has 0 radical (unpaired) electrons. The van der Waals surface area contributed by atoms with E-state index in [1.165, 1.54) is 0 Å². The minimum absolute atomic E-state index is 0.